The second kappa shape index (κ2) is 3.67. The maximum atomic E-state index is 10.8. The number of nitrogens with zero attached hydrogens (tertiary/aromatic N) is 1. The quantitative estimate of drug-likeness (QED) is 0.599. The number of carbonyl (C=O) groups excluding carboxylic acids is 1. The molecule has 1 aromatic heterocycles. The van der Waals surface area contributed by atoms with E-state index < -0.39 is 0 Å². The van der Waals surface area contributed by atoms with Crippen LogP contribution in [0.3, 0.4) is 0 Å². The zero-order valence-electron chi connectivity index (χ0n) is 6.95. The lowest BCUT2D eigenvalue weighted by Crippen LogP contribution is -1.79. The van der Waals surface area contributed by atoms with Crippen molar-refractivity contribution >= 4 is 50.3 Å². The minimum Gasteiger partial charge on any atom is -0.298 e. The van der Waals surface area contributed by atoms with Crippen LogP contribution in [0.1, 0.15) is 15.2 Å². The summed E-state index contributed by atoms with van der Waals surface area (Å²) in [5.41, 5.74) is 0.519. The minimum absolute atomic E-state index is 0.499. The molecule has 0 atom stereocenters. The van der Waals surface area contributed by atoms with Gasteiger partial charge in [-0.2, -0.15) is 5.26 Å². The summed E-state index contributed by atoms with van der Waals surface area (Å²) >= 11 is 3.58. The summed E-state index contributed by atoms with van der Waals surface area (Å²) in [5.74, 6) is 0. The summed E-state index contributed by atoms with van der Waals surface area (Å²) in [6.07, 6.45) is 0.757. The molecule has 0 saturated heterocycles. The Balaban J connectivity index is 2.95. The average Bonchev–Trinajstić information content (AvgIpc) is 2.57. The molecule has 0 amide bonds. The number of hydrogen-bond acceptors (Lipinski definition) is 3. The molecule has 0 bridgehead atoms. The van der Waals surface area contributed by atoms with Crippen molar-refractivity contribution in [2.45, 2.75) is 0 Å². The summed E-state index contributed by atoms with van der Waals surface area (Å²) < 4.78 is 2.10. The topological polar surface area (TPSA) is 40.9 Å². The highest BCUT2D eigenvalue weighted by atomic mass is 127. The Morgan fingerprint density at radius 2 is 2.29 bits per heavy atom. The summed E-state index contributed by atoms with van der Waals surface area (Å²) in [4.78, 5) is 11.3. The monoisotopic (exact) mass is 313 g/mol. The van der Waals surface area contributed by atoms with Crippen molar-refractivity contribution < 1.29 is 4.79 Å². The van der Waals surface area contributed by atoms with Gasteiger partial charge in [-0.1, -0.05) is 12.1 Å². The lowest BCUT2D eigenvalue weighted by molar-refractivity contribution is 0.112. The van der Waals surface area contributed by atoms with Crippen molar-refractivity contribution in [1.82, 2.24) is 0 Å². The van der Waals surface area contributed by atoms with E-state index in [1.807, 2.05) is 24.3 Å². The SMILES string of the molecule is N#Cc1sc2c(I)cccc2c1C=O. The van der Waals surface area contributed by atoms with Crippen LogP contribution in [0.15, 0.2) is 18.2 Å². The Morgan fingerprint density at radius 1 is 1.50 bits per heavy atom. The van der Waals surface area contributed by atoms with E-state index in [1.165, 1.54) is 11.3 Å². The molecule has 2 rings (SSSR count). The van der Waals surface area contributed by atoms with Crippen molar-refractivity contribution in [1.29, 1.82) is 5.26 Å². The van der Waals surface area contributed by atoms with E-state index in [0.29, 0.717) is 10.4 Å². The second-order valence-electron chi connectivity index (χ2n) is 2.69. The van der Waals surface area contributed by atoms with Gasteiger partial charge >= 0.3 is 0 Å². The highest BCUT2D eigenvalue weighted by molar-refractivity contribution is 14.1. The highest BCUT2D eigenvalue weighted by Crippen LogP contribution is 2.32. The van der Waals surface area contributed by atoms with E-state index in [4.69, 9.17) is 5.26 Å². The van der Waals surface area contributed by atoms with Gasteiger partial charge in [-0.25, -0.2) is 0 Å². The van der Waals surface area contributed by atoms with Gasteiger partial charge in [0.1, 0.15) is 10.9 Å². The highest BCUT2D eigenvalue weighted by Gasteiger charge is 2.12. The number of thiophene rings is 1. The fourth-order valence-electron chi connectivity index (χ4n) is 1.30. The first-order chi connectivity index (χ1) is 6.77. The van der Waals surface area contributed by atoms with Crippen LogP contribution >= 0.6 is 33.9 Å². The molecule has 0 aliphatic rings. The van der Waals surface area contributed by atoms with Crippen molar-refractivity contribution in [3.8, 4) is 6.07 Å². The molecule has 0 spiro atoms. The number of fused-ring (bicyclic) bond motifs is 1. The molecule has 68 valence electrons. The van der Waals surface area contributed by atoms with Crippen LogP contribution in [-0.4, -0.2) is 6.29 Å². The Bertz CT molecular complexity index is 553. The Kier molecular flexibility index (Phi) is 2.52. The van der Waals surface area contributed by atoms with Gasteiger partial charge < -0.3 is 0 Å². The Morgan fingerprint density at radius 3 is 2.93 bits per heavy atom. The molecular weight excluding hydrogens is 309 g/mol. The van der Waals surface area contributed by atoms with E-state index in [2.05, 4.69) is 22.6 Å². The third kappa shape index (κ3) is 1.33. The standard InChI is InChI=1S/C10H4INOS/c11-8-3-1-2-6-7(5-13)9(4-12)14-10(6)8/h1-3,5H. The molecule has 4 heteroatoms. The van der Waals surface area contributed by atoms with E-state index >= 15 is 0 Å². The van der Waals surface area contributed by atoms with Gasteiger partial charge in [-0.15, -0.1) is 11.3 Å². The van der Waals surface area contributed by atoms with E-state index in [-0.39, 0.29) is 0 Å². The maximum Gasteiger partial charge on any atom is 0.152 e. The van der Waals surface area contributed by atoms with Crippen LogP contribution in [-0.2, 0) is 0 Å². The Hall–Kier alpha value is -0.930. The van der Waals surface area contributed by atoms with Crippen LogP contribution in [0.2, 0.25) is 0 Å². The zero-order chi connectivity index (χ0) is 10.1. The summed E-state index contributed by atoms with van der Waals surface area (Å²) in [5, 5.41) is 9.72. The predicted octanol–water partition coefficient (Wildman–Crippen LogP) is 3.19. The summed E-state index contributed by atoms with van der Waals surface area (Å²) in [6, 6.07) is 7.78. The van der Waals surface area contributed by atoms with Gasteiger partial charge in [-0.05, 0) is 28.7 Å². The molecule has 0 aliphatic heterocycles. The van der Waals surface area contributed by atoms with Crippen LogP contribution in [0.4, 0.5) is 0 Å². The first-order valence-electron chi connectivity index (χ1n) is 3.84. The van der Waals surface area contributed by atoms with Gasteiger partial charge in [0.25, 0.3) is 0 Å². The van der Waals surface area contributed by atoms with Crippen LogP contribution in [0.25, 0.3) is 10.1 Å². The number of hydrogen-bond donors (Lipinski definition) is 0. The van der Waals surface area contributed by atoms with Crippen molar-refractivity contribution in [2.75, 3.05) is 0 Å². The first kappa shape index (κ1) is 9.62. The first-order valence-corrected chi connectivity index (χ1v) is 5.73. The molecule has 14 heavy (non-hydrogen) atoms. The van der Waals surface area contributed by atoms with E-state index in [1.54, 1.807) is 0 Å². The van der Waals surface area contributed by atoms with Crippen molar-refractivity contribution in [2.24, 2.45) is 0 Å². The van der Waals surface area contributed by atoms with Crippen LogP contribution in [0.5, 0.6) is 0 Å². The van der Waals surface area contributed by atoms with Gasteiger partial charge in [0.15, 0.2) is 6.29 Å². The molecular formula is C10H4INOS. The molecule has 0 unspecified atom stereocenters. The number of aldehydes is 1. The number of nitriles is 1. The predicted molar refractivity (Wildman–Crippen MR) is 64.6 cm³/mol. The Labute approximate surface area is 98.3 Å². The van der Waals surface area contributed by atoms with Gasteiger partial charge in [0.2, 0.25) is 0 Å². The van der Waals surface area contributed by atoms with E-state index in [0.717, 1.165) is 19.9 Å². The number of benzene rings is 1. The molecule has 1 aromatic carbocycles. The zero-order valence-corrected chi connectivity index (χ0v) is 9.93. The lowest BCUT2D eigenvalue weighted by atomic mass is 10.1. The second-order valence-corrected chi connectivity index (χ2v) is 4.87. The molecule has 0 radical (unpaired) electrons. The maximum absolute atomic E-state index is 10.8. The molecule has 0 aliphatic carbocycles. The van der Waals surface area contributed by atoms with Crippen molar-refractivity contribution in [3.63, 3.8) is 0 Å². The molecule has 0 fully saturated rings. The molecule has 2 nitrogen and oxygen atoms in total. The van der Waals surface area contributed by atoms with Gasteiger partial charge in [-0.3, -0.25) is 4.79 Å². The smallest absolute Gasteiger partial charge is 0.152 e. The summed E-state index contributed by atoms with van der Waals surface area (Å²) in [6.45, 7) is 0. The van der Waals surface area contributed by atoms with Crippen LogP contribution in [0, 0.1) is 14.9 Å². The molecule has 0 N–H and O–H groups in total. The third-order valence-corrected chi connectivity index (χ3v) is 4.35. The molecule has 0 saturated carbocycles. The number of rotatable bonds is 1. The van der Waals surface area contributed by atoms with E-state index in [9.17, 15) is 4.79 Å². The summed E-state index contributed by atoms with van der Waals surface area (Å²) in [7, 11) is 0. The average molecular weight is 313 g/mol. The third-order valence-electron chi connectivity index (χ3n) is 1.93. The normalized spacial score (nSPS) is 10.0. The largest absolute Gasteiger partial charge is 0.298 e. The number of carbonyl (C=O) groups is 1. The van der Waals surface area contributed by atoms with Gasteiger partial charge in [0, 0.05) is 13.7 Å². The fraction of sp³-hybridized carbons (Fsp3) is 0. The van der Waals surface area contributed by atoms with Crippen molar-refractivity contribution in [3.05, 3.63) is 32.2 Å². The van der Waals surface area contributed by atoms with Crippen LogP contribution < -0.4 is 0 Å². The minimum atomic E-state index is 0.499. The molecule has 1 heterocycles. The van der Waals surface area contributed by atoms with Gasteiger partial charge in [0.05, 0.1) is 5.56 Å². The number of halogens is 1. The fourth-order valence-corrected chi connectivity index (χ4v) is 3.10. The lowest BCUT2D eigenvalue weighted by Gasteiger charge is -1.91. The molecule has 2 aromatic rings.